The summed E-state index contributed by atoms with van der Waals surface area (Å²) in [6.07, 6.45) is 5.57. The van der Waals surface area contributed by atoms with E-state index in [1.807, 2.05) is 30.3 Å². The minimum atomic E-state index is 0.0607. The Kier molecular flexibility index (Phi) is 5.16. The van der Waals surface area contributed by atoms with Crippen LogP contribution in [0, 0.1) is 0 Å². The molecule has 5 nitrogen and oxygen atoms in total. The fourth-order valence-corrected chi connectivity index (χ4v) is 3.05. The summed E-state index contributed by atoms with van der Waals surface area (Å²) in [7, 11) is 0. The van der Waals surface area contributed by atoms with E-state index in [2.05, 4.69) is 26.8 Å². The van der Waals surface area contributed by atoms with Gasteiger partial charge in [0.2, 0.25) is 5.91 Å². The van der Waals surface area contributed by atoms with Gasteiger partial charge in [0.05, 0.1) is 6.54 Å². The van der Waals surface area contributed by atoms with Crippen LogP contribution in [-0.2, 0) is 17.8 Å². The molecule has 0 fully saturated rings. The van der Waals surface area contributed by atoms with Crippen LogP contribution >= 0.6 is 11.3 Å². The number of benzene rings is 1. The maximum atomic E-state index is 12.0. The van der Waals surface area contributed by atoms with Crippen molar-refractivity contribution in [1.82, 2.24) is 14.8 Å². The molecule has 0 saturated heterocycles. The summed E-state index contributed by atoms with van der Waals surface area (Å²) < 4.78 is 1.76. The number of anilines is 1. The van der Waals surface area contributed by atoms with E-state index in [1.165, 1.54) is 11.2 Å². The number of rotatable bonds is 7. The van der Waals surface area contributed by atoms with E-state index in [4.69, 9.17) is 0 Å². The summed E-state index contributed by atoms with van der Waals surface area (Å²) in [5, 5.41) is 9.08. The van der Waals surface area contributed by atoms with E-state index in [9.17, 15) is 4.79 Å². The van der Waals surface area contributed by atoms with Crippen molar-refractivity contribution in [2.45, 2.75) is 25.8 Å². The number of aryl methyl sites for hydroxylation is 1. The van der Waals surface area contributed by atoms with Gasteiger partial charge in [-0.1, -0.05) is 18.2 Å². The quantitative estimate of drug-likeness (QED) is 0.724. The van der Waals surface area contributed by atoms with Crippen LogP contribution in [0.3, 0.4) is 0 Å². The summed E-state index contributed by atoms with van der Waals surface area (Å²) >= 11 is 1.74. The van der Waals surface area contributed by atoms with Crippen LogP contribution in [-0.4, -0.2) is 20.7 Å². The Hall–Kier alpha value is -2.47. The number of nitrogens with zero attached hydrogens (tertiary/aromatic N) is 3. The van der Waals surface area contributed by atoms with Gasteiger partial charge in [-0.3, -0.25) is 4.79 Å². The van der Waals surface area contributed by atoms with Gasteiger partial charge < -0.3 is 5.32 Å². The van der Waals surface area contributed by atoms with Crippen LogP contribution < -0.4 is 5.32 Å². The predicted molar refractivity (Wildman–Crippen MR) is 91.5 cm³/mol. The average molecular weight is 326 g/mol. The topological polar surface area (TPSA) is 59.8 Å². The third-order valence-corrected chi connectivity index (χ3v) is 4.39. The molecule has 0 aliphatic carbocycles. The number of carbonyl (C=O) groups excluding carboxylic acids is 1. The van der Waals surface area contributed by atoms with Crippen molar-refractivity contribution < 1.29 is 4.79 Å². The molecule has 1 amide bonds. The smallest absolute Gasteiger partial charge is 0.224 e. The molecule has 2 aromatic heterocycles. The van der Waals surface area contributed by atoms with E-state index in [1.54, 1.807) is 22.3 Å². The van der Waals surface area contributed by atoms with Gasteiger partial charge in [-0.15, -0.1) is 11.3 Å². The molecule has 2 heterocycles. The summed E-state index contributed by atoms with van der Waals surface area (Å²) in [6, 6.07) is 12.0. The molecule has 0 saturated carbocycles. The summed E-state index contributed by atoms with van der Waals surface area (Å²) in [5.74, 6) is 0.0607. The second-order valence-electron chi connectivity index (χ2n) is 5.27. The van der Waals surface area contributed by atoms with Gasteiger partial charge in [-0.05, 0) is 42.0 Å². The lowest BCUT2D eigenvalue weighted by Crippen LogP contribution is -2.11. The molecule has 0 spiro atoms. The summed E-state index contributed by atoms with van der Waals surface area (Å²) in [5.41, 5.74) is 1.94. The Bertz CT molecular complexity index is 721. The van der Waals surface area contributed by atoms with E-state index in [-0.39, 0.29) is 5.91 Å². The predicted octanol–water partition coefficient (Wildman–Crippen LogP) is 3.35. The maximum Gasteiger partial charge on any atom is 0.224 e. The summed E-state index contributed by atoms with van der Waals surface area (Å²) in [4.78, 5) is 17.2. The lowest BCUT2D eigenvalue weighted by molar-refractivity contribution is -0.116. The van der Waals surface area contributed by atoms with Gasteiger partial charge in [-0.2, -0.15) is 5.10 Å². The lowest BCUT2D eigenvalue weighted by atomic mass is 10.2. The fourth-order valence-electron chi connectivity index (χ4n) is 2.30. The number of hydrogen-bond donors (Lipinski definition) is 1. The van der Waals surface area contributed by atoms with Crippen LogP contribution in [0.4, 0.5) is 5.69 Å². The van der Waals surface area contributed by atoms with Gasteiger partial charge in [0.1, 0.15) is 12.7 Å². The third-order valence-electron chi connectivity index (χ3n) is 3.46. The van der Waals surface area contributed by atoms with E-state index < -0.39 is 0 Å². The number of carbonyl (C=O) groups is 1. The highest BCUT2D eigenvalue weighted by atomic mass is 32.1. The molecule has 0 aliphatic heterocycles. The van der Waals surface area contributed by atoms with Gasteiger partial charge in [0.25, 0.3) is 0 Å². The first-order chi connectivity index (χ1) is 11.3. The van der Waals surface area contributed by atoms with E-state index in [0.29, 0.717) is 13.0 Å². The zero-order chi connectivity index (χ0) is 15.9. The summed E-state index contributed by atoms with van der Waals surface area (Å²) in [6.45, 7) is 0.676. The Morgan fingerprint density at radius 1 is 1.22 bits per heavy atom. The minimum Gasteiger partial charge on any atom is -0.326 e. The fraction of sp³-hybridized carbons (Fsp3) is 0.235. The zero-order valence-corrected chi connectivity index (χ0v) is 13.5. The molecule has 0 atom stereocenters. The third kappa shape index (κ3) is 4.75. The van der Waals surface area contributed by atoms with Crippen molar-refractivity contribution in [3.05, 3.63) is 64.9 Å². The molecule has 6 heteroatoms. The number of amides is 1. The Labute approximate surface area is 139 Å². The van der Waals surface area contributed by atoms with Crippen molar-refractivity contribution in [3.8, 4) is 0 Å². The standard InChI is InChI=1S/C17H18N4OS/c22-17(5-1-3-16-4-2-10-23-16)20-15-8-6-14(7-9-15)11-21-13-18-12-19-21/h2,4,6-10,12-13H,1,3,5,11H2,(H,20,22). The molecule has 118 valence electrons. The molecule has 1 N–H and O–H groups in total. The van der Waals surface area contributed by atoms with Crippen LogP contribution in [0.1, 0.15) is 23.3 Å². The Morgan fingerprint density at radius 2 is 2.09 bits per heavy atom. The van der Waals surface area contributed by atoms with Gasteiger partial charge in [0, 0.05) is 17.0 Å². The highest BCUT2D eigenvalue weighted by Gasteiger charge is 2.04. The first-order valence-corrected chi connectivity index (χ1v) is 8.41. The average Bonchev–Trinajstić information content (AvgIpc) is 3.23. The van der Waals surface area contributed by atoms with Crippen LogP contribution in [0.25, 0.3) is 0 Å². The Balaban J connectivity index is 1.44. The highest BCUT2D eigenvalue weighted by Crippen LogP contribution is 2.14. The first kappa shape index (κ1) is 15.4. The molecular formula is C17H18N4OS. The van der Waals surface area contributed by atoms with Crippen molar-refractivity contribution in [1.29, 1.82) is 0 Å². The molecule has 1 aromatic carbocycles. The highest BCUT2D eigenvalue weighted by molar-refractivity contribution is 7.09. The van der Waals surface area contributed by atoms with Crippen molar-refractivity contribution in [2.24, 2.45) is 0 Å². The minimum absolute atomic E-state index is 0.0607. The number of aromatic nitrogens is 3. The second-order valence-corrected chi connectivity index (χ2v) is 6.30. The largest absolute Gasteiger partial charge is 0.326 e. The number of thiophene rings is 1. The van der Waals surface area contributed by atoms with Crippen LogP contribution in [0.15, 0.2) is 54.4 Å². The second kappa shape index (κ2) is 7.69. The molecular weight excluding hydrogens is 308 g/mol. The maximum absolute atomic E-state index is 12.0. The lowest BCUT2D eigenvalue weighted by Gasteiger charge is -2.06. The zero-order valence-electron chi connectivity index (χ0n) is 12.7. The van der Waals surface area contributed by atoms with Crippen molar-refractivity contribution >= 4 is 22.9 Å². The Morgan fingerprint density at radius 3 is 2.78 bits per heavy atom. The number of hydrogen-bond acceptors (Lipinski definition) is 4. The molecule has 0 unspecified atom stereocenters. The van der Waals surface area contributed by atoms with Crippen LogP contribution in [0.5, 0.6) is 0 Å². The molecule has 0 bridgehead atoms. The van der Waals surface area contributed by atoms with Crippen molar-refractivity contribution in [2.75, 3.05) is 5.32 Å². The molecule has 0 aliphatic rings. The van der Waals surface area contributed by atoms with Gasteiger partial charge >= 0.3 is 0 Å². The first-order valence-electron chi connectivity index (χ1n) is 7.53. The normalized spacial score (nSPS) is 10.6. The van der Waals surface area contributed by atoms with Gasteiger partial charge in [-0.25, -0.2) is 9.67 Å². The van der Waals surface area contributed by atoms with Gasteiger partial charge in [0.15, 0.2) is 0 Å². The number of nitrogens with one attached hydrogen (secondary N) is 1. The molecule has 3 rings (SSSR count). The monoisotopic (exact) mass is 326 g/mol. The van der Waals surface area contributed by atoms with Crippen LogP contribution in [0.2, 0.25) is 0 Å². The molecule has 3 aromatic rings. The van der Waals surface area contributed by atoms with Crippen molar-refractivity contribution in [3.63, 3.8) is 0 Å². The van der Waals surface area contributed by atoms with E-state index in [0.717, 1.165) is 24.1 Å². The molecule has 0 radical (unpaired) electrons. The SMILES string of the molecule is O=C(CCCc1cccs1)Nc1ccc(Cn2cncn2)cc1. The molecule has 23 heavy (non-hydrogen) atoms. The van der Waals surface area contributed by atoms with E-state index >= 15 is 0 Å².